The van der Waals surface area contributed by atoms with Crippen molar-refractivity contribution in [1.29, 1.82) is 0 Å². The Morgan fingerprint density at radius 1 is 1.26 bits per heavy atom. The Kier molecular flexibility index (Phi) is 7.72. The number of fused-ring (bicyclic) bond motifs is 1. The number of ether oxygens (including phenoxy) is 2. The zero-order valence-corrected chi connectivity index (χ0v) is 20.2. The average molecular weight is 505 g/mol. The summed E-state index contributed by atoms with van der Waals surface area (Å²) in [6, 6.07) is 8.66. The minimum absolute atomic E-state index is 0.135. The zero-order chi connectivity index (χ0) is 25.0. The monoisotopic (exact) mass is 504 g/mol. The van der Waals surface area contributed by atoms with E-state index >= 15 is 0 Å². The molecule has 0 spiro atoms. The van der Waals surface area contributed by atoms with Gasteiger partial charge in [0, 0.05) is 30.7 Å². The Labute approximate surface area is 207 Å². The predicted octanol–water partition coefficient (Wildman–Crippen LogP) is 5.35. The van der Waals surface area contributed by atoms with E-state index in [0.29, 0.717) is 56.1 Å². The van der Waals surface area contributed by atoms with E-state index in [1.54, 1.807) is 13.3 Å². The third-order valence-electron chi connectivity index (χ3n) is 6.66. The van der Waals surface area contributed by atoms with Gasteiger partial charge in [-0.3, -0.25) is 14.7 Å². The first-order chi connectivity index (χ1) is 16.8. The van der Waals surface area contributed by atoms with Gasteiger partial charge in [0.05, 0.1) is 23.1 Å². The number of rotatable bonds is 10. The van der Waals surface area contributed by atoms with Gasteiger partial charge < -0.3 is 14.6 Å². The summed E-state index contributed by atoms with van der Waals surface area (Å²) in [5.74, 6) is -1.48. The van der Waals surface area contributed by atoms with Crippen molar-refractivity contribution >= 4 is 28.5 Å². The molecule has 6 nitrogen and oxygen atoms in total. The number of likely N-dealkylation sites (tertiary alicyclic amines) is 1. The summed E-state index contributed by atoms with van der Waals surface area (Å²) in [6.07, 6.45) is 3.87. The lowest BCUT2D eigenvalue weighted by Crippen LogP contribution is -2.36. The zero-order valence-electron chi connectivity index (χ0n) is 19.4. The maximum absolute atomic E-state index is 13.7. The van der Waals surface area contributed by atoms with Crippen LogP contribution in [-0.2, 0) is 11.2 Å². The van der Waals surface area contributed by atoms with E-state index in [1.807, 2.05) is 23.1 Å². The number of aromatic nitrogens is 1. The van der Waals surface area contributed by atoms with Crippen molar-refractivity contribution < 1.29 is 28.2 Å². The highest BCUT2D eigenvalue weighted by Crippen LogP contribution is 2.37. The molecule has 1 saturated heterocycles. The summed E-state index contributed by atoms with van der Waals surface area (Å²) >= 11 is 6.45. The first-order valence-corrected chi connectivity index (χ1v) is 11.8. The summed E-state index contributed by atoms with van der Waals surface area (Å²) in [5, 5.41) is 11.5. The number of methoxy groups -OCH3 is 1. The number of hydrogen-bond acceptors (Lipinski definition) is 5. The molecule has 1 aromatic heterocycles. The highest BCUT2D eigenvalue weighted by atomic mass is 35.5. The minimum atomic E-state index is -0.878. The van der Waals surface area contributed by atoms with E-state index in [2.05, 4.69) is 4.98 Å². The first kappa shape index (κ1) is 25.1. The van der Waals surface area contributed by atoms with Crippen LogP contribution >= 0.6 is 11.6 Å². The molecule has 1 aliphatic rings. The molecule has 1 unspecified atom stereocenters. The van der Waals surface area contributed by atoms with Gasteiger partial charge in [-0.1, -0.05) is 11.6 Å². The van der Waals surface area contributed by atoms with Crippen LogP contribution in [0.2, 0.25) is 5.02 Å². The molecule has 0 bridgehead atoms. The minimum Gasteiger partial charge on any atom is -0.497 e. The lowest BCUT2D eigenvalue weighted by Gasteiger charge is -2.25. The lowest BCUT2D eigenvalue weighted by molar-refractivity contribution is -0.148. The summed E-state index contributed by atoms with van der Waals surface area (Å²) in [7, 11) is 1.60. The molecule has 0 radical (unpaired) electrons. The summed E-state index contributed by atoms with van der Waals surface area (Å²) in [5.41, 5.74) is 0.855. The number of halogens is 3. The summed E-state index contributed by atoms with van der Waals surface area (Å²) in [4.78, 5) is 18.6. The van der Waals surface area contributed by atoms with Gasteiger partial charge in [0.25, 0.3) is 0 Å². The smallest absolute Gasteiger partial charge is 0.310 e. The number of carboxylic acids is 1. The molecule has 1 N–H and O–H groups in total. The average Bonchev–Trinajstić information content (AvgIpc) is 3.27. The molecule has 1 fully saturated rings. The molecule has 2 aromatic carbocycles. The van der Waals surface area contributed by atoms with Crippen molar-refractivity contribution in [2.24, 2.45) is 5.41 Å². The van der Waals surface area contributed by atoms with Crippen molar-refractivity contribution in [3.63, 3.8) is 0 Å². The molecule has 0 amide bonds. The standard InChI is InChI=1S/C26H27ClF2N2O4/c1-34-18-5-7-23-20(14-18)19(21(27)15-30-23)3-2-8-26(25(32)33)9-10-31(16-26)11-12-35-24-13-17(28)4-6-22(24)29/h4-7,13-15H,2-3,8-12,16H2,1H3,(H,32,33). The predicted molar refractivity (Wildman–Crippen MR) is 129 cm³/mol. The SMILES string of the molecule is COc1ccc2ncc(Cl)c(CCCC3(C(=O)O)CCN(CCOc4cc(F)ccc4F)C3)c2c1. The second-order valence-corrected chi connectivity index (χ2v) is 9.26. The van der Waals surface area contributed by atoms with Crippen molar-refractivity contribution in [3.05, 3.63) is 64.8 Å². The van der Waals surface area contributed by atoms with E-state index in [1.165, 1.54) is 0 Å². The normalized spacial score (nSPS) is 18.2. The lowest BCUT2D eigenvalue weighted by atomic mass is 9.81. The number of nitrogens with zero attached hydrogens (tertiary/aromatic N) is 2. The summed E-state index contributed by atoms with van der Waals surface area (Å²) in [6.45, 7) is 1.52. The molecule has 0 aliphatic carbocycles. The molecule has 0 saturated carbocycles. The molecular formula is C26H27ClF2N2O4. The van der Waals surface area contributed by atoms with Crippen LogP contribution in [-0.4, -0.2) is 54.3 Å². The molecule has 3 aromatic rings. The third kappa shape index (κ3) is 5.65. The Bertz CT molecular complexity index is 1230. The van der Waals surface area contributed by atoms with Crippen LogP contribution in [0.25, 0.3) is 10.9 Å². The van der Waals surface area contributed by atoms with Crippen LogP contribution in [0.5, 0.6) is 11.5 Å². The van der Waals surface area contributed by atoms with E-state index < -0.39 is 23.0 Å². The van der Waals surface area contributed by atoms with Gasteiger partial charge in [-0.25, -0.2) is 8.78 Å². The number of aryl methyl sites for hydroxylation is 1. The van der Waals surface area contributed by atoms with Crippen LogP contribution in [0.15, 0.2) is 42.6 Å². The van der Waals surface area contributed by atoms with Gasteiger partial charge in [-0.05, 0) is 68.1 Å². The Hall–Kier alpha value is -2.97. The molecule has 2 heterocycles. The molecule has 35 heavy (non-hydrogen) atoms. The van der Waals surface area contributed by atoms with E-state index in [0.717, 1.165) is 34.7 Å². The van der Waals surface area contributed by atoms with E-state index in [4.69, 9.17) is 21.1 Å². The molecule has 186 valence electrons. The molecule has 1 atom stereocenters. The van der Waals surface area contributed by atoms with Crippen molar-refractivity contribution in [1.82, 2.24) is 9.88 Å². The van der Waals surface area contributed by atoms with Crippen molar-refractivity contribution in [3.8, 4) is 11.5 Å². The number of carbonyl (C=O) groups is 1. The van der Waals surface area contributed by atoms with Crippen molar-refractivity contribution in [2.75, 3.05) is 33.4 Å². The van der Waals surface area contributed by atoms with Gasteiger partial charge in [-0.15, -0.1) is 0 Å². The number of hydrogen-bond donors (Lipinski definition) is 1. The largest absolute Gasteiger partial charge is 0.497 e. The molecule has 4 rings (SSSR count). The fourth-order valence-electron chi connectivity index (χ4n) is 4.69. The van der Waals surface area contributed by atoms with Gasteiger partial charge in [0.2, 0.25) is 0 Å². The number of aliphatic carboxylic acids is 1. The second kappa shape index (κ2) is 10.7. The Morgan fingerprint density at radius 3 is 2.86 bits per heavy atom. The van der Waals surface area contributed by atoms with Gasteiger partial charge in [-0.2, -0.15) is 0 Å². The molecule has 1 aliphatic heterocycles. The number of carboxylic acid groups (broad SMARTS) is 1. The topological polar surface area (TPSA) is 71.9 Å². The summed E-state index contributed by atoms with van der Waals surface area (Å²) < 4.78 is 37.8. The van der Waals surface area contributed by atoms with Crippen molar-refractivity contribution in [2.45, 2.75) is 25.7 Å². The van der Waals surface area contributed by atoms with E-state index in [9.17, 15) is 18.7 Å². The van der Waals surface area contributed by atoms with Gasteiger partial charge in [0.1, 0.15) is 18.2 Å². The molecule has 9 heteroatoms. The van der Waals surface area contributed by atoms with Gasteiger partial charge in [0.15, 0.2) is 11.6 Å². The van der Waals surface area contributed by atoms with Crippen LogP contribution in [0.3, 0.4) is 0 Å². The maximum Gasteiger partial charge on any atom is 0.310 e. The highest BCUT2D eigenvalue weighted by Gasteiger charge is 2.44. The van der Waals surface area contributed by atoms with E-state index in [-0.39, 0.29) is 12.4 Å². The van der Waals surface area contributed by atoms with Crippen LogP contribution in [0.1, 0.15) is 24.8 Å². The number of benzene rings is 2. The third-order valence-corrected chi connectivity index (χ3v) is 6.99. The van der Waals surface area contributed by atoms with Gasteiger partial charge >= 0.3 is 5.97 Å². The highest BCUT2D eigenvalue weighted by molar-refractivity contribution is 6.32. The Morgan fingerprint density at radius 2 is 2.09 bits per heavy atom. The Balaban J connectivity index is 1.37. The maximum atomic E-state index is 13.7. The fourth-order valence-corrected chi connectivity index (χ4v) is 4.94. The fraction of sp³-hybridized carbons (Fsp3) is 0.385. The first-order valence-electron chi connectivity index (χ1n) is 11.5. The number of pyridine rings is 1. The molecular weight excluding hydrogens is 478 g/mol. The quantitative estimate of drug-likeness (QED) is 0.401. The van der Waals surface area contributed by atoms with Crippen LogP contribution < -0.4 is 9.47 Å². The second-order valence-electron chi connectivity index (χ2n) is 8.86. The van der Waals surface area contributed by atoms with Crippen LogP contribution in [0.4, 0.5) is 8.78 Å². The van der Waals surface area contributed by atoms with Crippen LogP contribution in [0, 0.1) is 17.0 Å².